The first-order chi connectivity index (χ1) is 9.84. The van der Waals surface area contributed by atoms with Gasteiger partial charge in [-0.2, -0.15) is 0 Å². The highest BCUT2D eigenvalue weighted by Crippen LogP contribution is 2.33. The van der Waals surface area contributed by atoms with Crippen molar-refractivity contribution in [3.63, 3.8) is 0 Å². The molecular formula is C13H17BrN2O4S. The summed E-state index contributed by atoms with van der Waals surface area (Å²) >= 11 is 3.23. The van der Waals surface area contributed by atoms with Crippen molar-refractivity contribution in [2.45, 2.75) is 24.2 Å². The summed E-state index contributed by atoms with van der Waals surface area (Å²) in [6.07, 6.45) is 3.04. The van der Waals surface area contributed by atoms with Gasteiger partial charge in [0.25, 0.3) is 5.91 Å². The molecule has 0 aliphatic carbocycles. The third kappa shape index (κ3) is 3.56. The van der Waals surface area contributed by atoms with Crippen molar-refractivity contribution in [1.82, 2.24) is 4.90 Å². The van der Waals surface area contributed by atoms with Crippen LogP contribution in [0.15, 0.2) is 21.5 Å². The van der Waals surface area contributed by atoms with Crippen LogP contribution in [0.4, 0.5) is 0 Å². The molecule has 0 atom stereocenters. The van der Waals surface area contributed by atoms with E-state index in [9.17, 15) is 13.2 Å². The molecule has 0 bridgehead atoms. The molecular weight excluding hydrogens is 360 g/mol. The van der Waals surface area contributed by atoms with E-state index in [0.29, 0.717) is 17.6 Å². The normalized spacial score (nSPS) is 15.9. The van der Waals surface area contributed by atoms with E-state index in [2.05, 4.69) is 15.9 Å². The Kier molecular flexibility index (Phi) is 4.90. The Balaban J connectivity index is 2.45. The second kappa shape index (κ2) is 6.33. The van der Waals surface area contributed by atoms with Gasteiger partial charge in [0.05, 0.1) is 11.6 Å². The van der Waals surface area contributed by atoms with E-state index in [-0.39, 0.29) is 22.1 Å². The van der Waals surface area contributed by atoms with Gasteiger partial charge in [-0.05, 0) is 47.3 Å². The number of halogens is 1. The maximum Gasteiger partial charge on any atom is 0.253 e. The lowest BCUT2D eigenvalue weighted by atomic mass is 10.1. The summed E-state index contributed by atoms with van der Waals surface area (Å²) in [5.74, 6) is -0.0874. The Morgan fingerprint density at radius 3 is 2.43 bits per heavy atom. The molecule has 0 unspecified atom stereocenters. The first kappa shape index (κ1) is 16.3. The number of likely N-dealkylation sites (tertiary alicyclic amines) is 1. The van der Waals surface area contributed by atoms with Crippen LogP contribution in [0.3, 0.4) is 0 Å². The first-order valence-corrected chi connectivity index (χ1v) is 8.88. The van der Waals surface area contributed by atoms with E-state index in [0.717, 1.165) is 19.3 Å². The van der Waals surface area contributed by atoms with Crippen molar-refractivity contribution < 1.29 is 17.9 Å². The number of hydrogen-bond acceptors (Lipinski definition) is 4. The summed E-state index contributed by atoms with van der Waals surface area (Å²) in [5, 5.41) is 5.20. The lowest BCUT2D eigenvalue weighted by Gasteiger charge is -2.27. The van der Waals surface area contributed by atoms with Gasteiger partial charge < -0.3 is 9.64 Å². The average Bonchev–Trinajstić information content (AvgIpc) is 2.45. The van der Waals surface area contributed by atoms with Crippen LogP contribution in [0.5, 0.6) is 5.75 Å². The summed E-state index contributed by atoms with van der Waals surface area (Å²) in [5.41, 5.74) is 0.286. The van der Waals surface area contributed by atoms with E-state index in [1.54, 1.807) is 11.0 Å². The fraction of sp³-hybridized carbons (Fsp3) is 0.462. The number of sulfonamides is 1. The van der Waals surface area contributed by atoms with Crippen molar-refractivity contribution in [2.24, 2.45) is 5.14 Å². The Morgan fingerprint density at radius 2 is 1.90 bits per heavy atom. The van der Waals surface area contributed by atoms with Gasteiger partial charge in [0.1, 0.15) is 4.90 Å². The molecule has 0 spiro atoms. The third-order valence-corrected chi connectivity index (χ3v) is 4.92. The van der Waals surface area contributed by atoms with Crippen molar-refractivity contribution >= 4 is 31.9 Å². The van der Waals surface area contributed by atoms with Crippen LogP contribution >= 0.6 is 15.9 Å². The lowest BCUT2D eigenvalue weighted by Crippen LogP contribution is -2.35. The molecule has 1 heterocycles. The highest BCUT2D eigenvalue weighted by molar-refractivity contribution is 9.10. The second-order valence-electron chi connectivity index (χ2n) is 4.89. The molecule has 0 saturated carbocycles. The van der Waals surface area contributed by atoms with Gasteiger partial charge in [-0.3, -0.25) is 4.79 Å². The van der Waals surface area contributed by atoms with Gasteiger partial charge in [0.2, 0.25) is 10.0 Å². The van der Waals surface area contributed by atoms with Crippen molar-refractivity contribution in [2.75, 3.05) is 20.2 Å². The van der Waals surface area contributed by atoms with Crippen molar-refractivity contribution in [3.05, 3.63) is 22.2 Å². The smallest absolute Gasteiger partial charge is 0.253 e. The highest BCUT2D eigenvalue weighted by atomic mass is 79.9. The zero-order valence-corrected chi connectivity index (χ0v) is 14.0. The molecule has 1 fully saturated rings. The van der Waals surface area contributed by atoms with Crippen molar-refractivity contribution in [1.29, 1.82) is 0 Å². The van der Waals surface area contributed by atoms with Crippen LogP contribution in [-0.2, 0) is 10.0 Å². The molecule has 1 saturated heterocycles. The predicted octanol–water partition coefficient (Wildman–Crippen LogP) is 1.73. The minimum atomic E-state index is -3.98. The average molecular weight is 377 g/mol. The molecule has 0 radical (unpaired) electrons. The number of nitrogens with two attached hydrogens (primary N) is 1. The van der Waals surface area contributed by atoms with Gasteiger partial charge in [-0.1, -0.05) is 0 Å². The SMILES string of the molecule is COc1c(Br)cc(C(=O)N2CCCCC2)cc1S(N)(=O)=O. The molecule has 1 aliphatic rings. The number of carbonyl (C=O) groups excluding carboxylic acids is 1. The number of nitrogens with zero attached hydrogens (tertiary/aromatic N) is 1. The molecule has 0 aromatic heterocycles. The van der Waals surface area contributed by atoms with E-state index in [4.69, 9.17) is 9.88 Å². The van der Waals surface area contributed by atoms with Gasteiger partial charge in [-0.25, -0.2) is 13.6 Å². The van der Waals surface area contributed by atoms with Crippen LogP contribution in [0.1, 0.15) is 29.6 Å². The van der Waals surface area contributed by atoms with Crippen molar-refractivity contribution in [3.8, 4) is 5.75 Å². The van der Waals surface area contributed by atoms with Crippen LogP contribution < -0.4 is 9.88 Å². The monoisotopic (exact) mass is 376 g/mol. The quantitative estimate of drug-likeness (QED) is 0.869. The first-order valence-electron chi connectivity index (χ1n) is 6.54. The number of amides is 1. The number of benzene rings is 1. The van der Waals surface area contributed by atoms with Gasteiger partial charge in [0.15, 0.2) is 5.75 Å². The molecule has 8 heteroatoms. The summed E-state index contributed by atoms with van der Waals surface area (Å²) in [6.45, 7) is 1.38. The molecule has 1 amide bonds. The Labute approximate surface area is 132 Å². The number of piperidine rings is 1. The molecule has 1 aromatic rings. The van der Waals surface area contributed by atoms with E-state index in [1.165, 1.54) is 13.2 Å². The Bertz CT molecular complexity index is 654. The summed E-state index contributed by atoms with van der Waals surface area (Å²) in [6, 6.07) is 2.83. The Hall–Kier alpha value is -1.12. The second-order valence-corrected chi connectivity index (χ2v) is 7.27. The highest BCUT2D eigenvalue weighted by Gasteiger charge is 2.24. The fourth-order valence-corrected chi connectivity index (χ4v) is 3.88. The molecule has 21 heavy (non-hydrogen) atoms. The summed E-state index contributed by atoms with van der Waals surface area (Å²) < 4.78 is 28.8. The summed E-state index contributed by atoms with van der Waals surface area (Å²) in [4.78, 5) is 14.0. The zero-order valence-electron chi connectivity index (χ0n) is 11.6. The number of rotatable bonds is 3. The predicted molar refractivity (Wildman–Crippen MR) is 81.8 cm³/mol. The topological polar surface area (TPSA) is 89.7 Å². The van der Waals surface area contributed by atoms with Crippen LogP contribution in [0.2, 0.25) is 0 Å². The van der Waals surface area contributed by atoms with Crippen LogP contribution in [0, 0.1) is 0 Å². The van der Waals surface area contributed by atoms with E-state index < -0.39 is 10.0 Å². The fourth-order valence-electron chi connectivity index (χ4n) is 2.38. The molecule has 6 nitrogen and oxygen atoms in total. The van der Waals surface area contributed by atoms with E-state index in [1.807, 2.05) is 0 Å². The molecule has 1 aromatic carbocycles. The van der Waals surface area contributed by atoms with Gasteiger partial charge >= 0.3 is 0 Å². The summed E-state index contributed by atoms with van der Waals surface area (Å²) in [7, 11) is -2.63. The van der Waals surface area contributed by atoms with E-state index >= 15 is 0 Å². The maximum absolute atomic E-state index is 12.5. The largest absolute Gasteiger partial charge is 0.494 e. The minimum absolute atomic E-state index is 0.104. The molecule has 116 valence electrons. The van der Waals surface area contributed by atoms with Crippen LogP contribution in [0.25, 0.3) is 0 Å². The number of hydrogen-bond donors (Lipinski definition) is 1. The maximum atomic E-state index is 12.5. The van der Waals surface area contributed by atoms with Crippen LogP contribution in [-0.4, -0.2) is 39.4 Å². The molecule has 2 rings (SSSR count). The molecule has 2 N–H and O–H groups in total. The third-order valence-electron chi connectivity index (χ3n) is 3.41. The van der Waals surface area contributed by atoms with Gasteiger partial charge in [-0.15, -0.1) is 0 Å². The number of methoxy groups -OCH3 is 1. The minimum Gasteiger partial charge on any atom is -0.494 e. The number of primary sulfonamides is 1. The number of ether oxygens (including phenoxy) is 1. The zero-order chi connectivity index (χ0) is 15.6. The lowest BCUT2D eigenvalue weighted by molar-refractivity contribution is 0.0724. The van der Waals surface area contributed by atoms with Gasteiger partial charge in [0, 0.05) is 18.7 Å². The number of carbonyl (C=O) groups is 1. The molecule has 1 aliphatic heterocycles. The Morgan fingerprint density at radius 1 is 1.29 bits per heavy atom. The standard InChI is InChI=1S/C13H17BrN2O4S/c1-20-12-10(14)7-9(8-11(12)21(15,18)19)13(17)16-5-3-2-4-6-16/h7-8H,2-6H2,1H3,(H2,15,18,19).